The van der Waals surface area contributed by atoms with Gasteiger partial charge in [0.1, 0.15) is 0 Å². The van der Waals surface area contributed by atoms with Gasteiger partial charge in [0.2, 0.25) is 0 Å². The van der Waals surface area contributed by atoms with Crippen molar-refractivity contribution in [3.63, 3.8) is 0 Å². The highest BCUT2D eigenvalue weighted by molar-refractivity contribution is 6.30. The van der Waals surface area contributed by atoms with Crippen molar-refractivity contribution in [2.75, 3.05) is 0 Å². The van der Waals surface area contributed by atoms with E-state index in [0.29, 0.717) is 0 Å². The first-order valence-corrected chi connectivity index (χ1v) is 4.68. The fourth-order valence-electron chi connectivity index (χ4n) is 1.45. The second-order valence-electron chi connectivity index (χ2n) is 3.05. The number of rotatable bonds is 2. The molecular weight excluding hydrogens is 156 g/mol. The average molecular weight is 171 g/mol. The molecule has 0 radical (unpaired) electrons. The summed E-state index contributed by atoms with van der Waals surface area (Å²) in [7, 11) is 0. The van der Waals surface area contributed by atoms with Crippen LogP contribution in [-0.4, -0.2) is 0 Å². The van der Waals surface area contributed by atoms with Gasteiger partial charge in [-0.1, -0.05) is 31.0 Å². The van der Waals surface area contributed by atoms with Crippen molar-refractivity contribution in [3.8, 4) is 0 Å². The van der Waals surface area contributed by atoms with Crippen molar-refractivity contribution in [1.29, 1.82) is 0 Å². The summed E-state index contributed by atoms with van der Waals surface area (Å²) in [6, 6.07) is 0. The lowest BCUT2D eigenvalue weighted by Gasteiger charge is -2.14. The Morgan fingerprint density at radius 1 is 1.55 bits per heavy atom. The van der Waals surface area contributed by atoms with Gasteiger partial charge in [0.15, 0.2) is 0 Å². The van der Waals surface area contributed by atoms with E-state index in [9.17, 15) is 0 Å². The van der Waals surface area contributed by atoms with E-state index in [1.54, 1.807) is 0 Å². The third-order valence-electron chi connectivity index (χ3n) is 2.16. The molecule has 0 bridgehead atoms. The van der Waals surface area contributed by atoms with Crippen LogP contribution in [0.15, 0.2) is 22.3 Å². The van der Waals surface area contributed by atoms with E-state index in [2.05, 4.69) is 19.9 Å². The van der Waals surface area contributed by atoms with Crippen LogP contribution in [0.3, 0.4) is 0 Å². The molecule has 0 heterocycles. The Morgan fingerprint density at radius 3 is 2.91 bits per heavy atom. The molecule has 0 spiro atoms. The van der Waals surface area contributed by atoms with Gasteiger partial charge in [0.05, 0.1) is 0 Å². The maximum atomic E-state index is 6.04. The molecule has 0 N–H and O–H groups in total. The molecule has 0 aromatic rings. The van der Waals surface area contributed by atoms with Crippen LogP contribution < -0.4 is 0 Å². The second-order valence-corrected chi connectivity index (χ2v) is 3.50. The van der Waals surface area contributed by atoms with Crippen LogP contribution >= 0.6 is 11.6 Å². The lowest BCUT2D eigenvalue weighted by atomic mass is 9.95. The molecular formula is C10H15Cl. The number of halogens is 1. The molecule has 0 aliphatic heterocycles. The Kier molecular flexibility index (Phi) is 3.19. The lowest BCUT2D eigenvalue weighted by molar-refractivity contribution is 0.866. The molecule has 0 saturated carbocycles. The Balaban J connectivity index is 2.71. The first kappa shape index (κ1) is 8.86. The van der Waals surface area contributed by atoms with E-state index in [1.165, 1.54) is 24.0 Å². The van der Waals surface area contributed by atoms with Crippen LogP contribution in [-0.2, 0) is 0 Å². The summed E-state index contributed by atoms with van der Waals surface area (Å²) in [5.74, 6) is 0. The zero-order valence-corrected chi connectivity index (χ0v) is 8.04. The average Bonchev–Trinajstić information content (AvgIpc) is 1.99. The summed E-state index contributed by atoms with van der Waals surface area (Å²) in [6.45, 7) is 4.33. The standard InChI is InChI=1S/C10H15Cl/c1-3-5-9-6-4-7-10(11)8(9)2/h6H,3-5,7H2,1-2H3. The highest BCUT2D eigenvalue weighted by atomic mass is 35.5. The van der Waals surface area contributed by atoms with Crippen molar-refractivity contribution in [2.24, 2.45) is 0 Å². The molecule has 0 saturated heterocycles. The van der Waals surface area contributed by atoms with E-state index in [1.807, 2.05) is 0 Å². The maximum absolute atomic E-state index is 6.04. The highest BCUT2D eigenvalue weighted by Gasteiger charge is 2.08. The Hall–Kier alpha value is -0.230. The highest BCUT2D eigenvalue weighted by Crippen LogP contribution is 2.29. The topological polar surface area (TPSA) is 0 Å². The first-order chi connectivity index (χ1) is 5.25. The molecule has 1 rings (SSSR count). The molecule has 11 heavy (non-hydrogen) atoms. The number of allylic oxidation sites excluding steroid dienone is 4. The smallest absolute Gasteiger partial charge is 0.0215 e. The summed E-state index contributed by atoms with van der Waals surface area (Å²) in [5, 5.41) is 1.07. The molecule has 1 aliphatic carbocycles. The third kappa shape index (κ3) is 2.10. The lowest BCUT2D eigenvalue weighted by Crippen LogP contribution is -1.94. The predicted octanol–water partition coefficient (Wildman–Crippen LogP) is 4.02. The van der Waals surface area contributed by atoms with Gasteiger partial charge in [-0.05, 0) is 37.3 Å². The van der Waals surface area contributed by atoms with Gasteiger partial charge in [0, 0.05) is 5.03 Å². The molecule has 0 aromatic carbocycles. The van der Waals surface area contributed by atoms with Gasteiger partial charge in [-0.15, -0.1) is 0 Å². The Labute approximate surface area is 73.9 Å². The molecule has 0 unspecified atom stereocenters. The Bertz CT molecular complexity index is 199. The fraction of sp³-hybridized carbons (Fsp3) is 0.600. The van der Waals surface area contributed by atoms with Crippen molar-refractivity contribution in [3.05, 3.63) is 22.3 Å². The molecule has 0 amide bonds. The summed E-state index contributed by atoms with van der Waals surface area (Å²) in [4.78, 5) is 0. The summed E-state index contributed by atoms with van der Waals surface area (Å²) < 4.78 is 0. The van der Waals surface area contributed by atoms with Gasteiger partial charge in [0.25, 0.3) is 0 Å². The van der Waals surface area contributed by atoms with Crippen LogP contribution in [0.2, 0.25) is 0 Å². The largest absolute Gasteiger partial charge is 0.0888 e. The van der Waals surface area contributed by atoms with E-state index in [4.69, 9.17) is 11.6 Å². The third-order valence-corrected chi connectivity index (χ3v) is 2.63. The van der Waals surface area contributed by atoms with Crippen LogP contribution in [0.4, 0.5) is 0 Å². The van der Waals surface area contributed by atoms with Gasteiger partial charge in [-0.3, -0.25) is 0 Å². The number of hydrogen-bond acceptors (Lipinski definition) is 0. The molecule has 1 aliphatic rings. The SMILES string of the molecule is CCCC1=CCCC(Cl)=C1C. The summed E-state index contributed by atoms with van der Waals surface area (Å²) in [6.07, 6.45) is 6.90. The fourth-order valence-corrected chi connectivity index (χ4v) is 1.68. The van der Waals surface area contributed by atoms with Crippen LogP contribution in [0, 0.1) is 0 Å². The Morgan fingerprint density at radius 2 is 2.27 bits per heavy atom. The van der Waals surface area contributed by atoms with Crippen molar-refractivity contribution >= 4 is 11.6 Å². The van der Waals surface area contributed by atoms with E-state index in [-0.39, 0.29) is 0 Å². The first-order valence-electron chi connectivity index (χ1n) is 4.30. The maximum Gasteiger partial charge on any atom is 0.0215 e. The van der Waals surface area contributed by atoms with E-state index in [0.717, 1.165) is 17.9 Å². The van der Waals surface area contributed by atoms with Crippen molar-refractivity contribution < 1.29 is 0 Å². The van der Waals surface area contributed by atoms with Crippen LogP contribution in [0.5, 0.6) is 0 Å². The molecule has 1 heteroatoms. The molecule has 0 aromatic heterocycles. The van der Waals surface area contributed by atoms with Gasteiger partial charge in [-0.2, -0.15) is 0 Å². The monoisotopic (exact) mass is 170 g/mol. The minimum Gasteiger partial charge on any atom is -0.0888 e. The van der Waals surface area contributed by atoms with E-state index >= 15 is 0 Å². The van der Waals surface area contributed by atoms with Crippen molar-refractivity contribution in [2.45, 2.75) is 39.5 Å². The zero-order chi connectivity index (χ0) is 8.27. The minimum absolute atomic E-state index is 1.04. The van der Waals surface area contributed by atoms with E-state index < -0.39 is 0 Å². The minimum atomic E-state index is 1.04. The predicted molar refractivity (Wildman–Crippen MR) is 50.8 cm³/mol. The normalized spacial score (nSPS) is 18.6. The second kappa shape index (κ2) is 3.96. The van der Waals surface area contributed by atoms with Crippen LogP contribution in [0.25, 0.3) is 0 Å². The van der Waals surface area contributed by atoms with Crippen LogP contribution in [0.1, 0.15) is 39.5 Å². The molecule has 0 nitrogen and oxygen atoms in total. The zero-order valence-electron chi connectivity index (χ0n) is 7.28. The van der Waals surface area contributed by atoms with Gasteiger partial charge < -0.3 is 0 Å². The quantitative estimate of drug-likeness (QED) is 0.587. The molecule has 0 atom stereocenters. The summed E-state index contributed by atoms with van der Waals surface area (Å²) in [5.41, 5.74) is 2.78. The van der Waals surface area contributed by atoms with Gasteiger partial charge >= 0.3 is 0 Å². The molecule has 62 valence electrons. The van der Waals surface area contributed by atoms with Gasteiger partial charge in [-0.25, -0.2) is 0 Å². The molecule has 0 fully saturated rings. The summed E-state index contributed by atoms with van der Waals surface area (Å²) >= 11 is 6.04. The number of hydrogen-bond donors (Lipinski definition) is 0. The van der Waals surface area contributed by atoms with Crippen molar-refractivity contribution in [1.82, 2.24) is 0 Å².